The van der Waals surface area contributed by atoms with Gasteiger partial charge in [0, 0.05) is 5.69 Å². The van der Waals surface area contributed by atoms with Crippen molar-refractivity contribution in [3.8, 4) is 6.07 Å². The van der Waals surface area contributed by atoms with Crippen molar-refractivity contribution in [2.24, 2.45) is 0 Å². The van der Waals surface area contributed by atoms with Gasteiger partial charge in [-0.05, 0) is 44.5 Å². The van der Waals surface area contributed by atoms with Crippen LogP contribution in [-0.2, 0) is 19.1 Å². The summed E-state index contributed by atoms with van der Waals surface area (Å²) in [4.78, 5) is 49.0. The van der Waals surface area contributed by atoms with Crippen molar-refractivity contribution in [3.63, 3.8) is 0 Å². The number of hydrogen-bond donors (Lipinski definition) is 2. The number of hydrogen-bond acceptors (Lipinski definition) is 6. The summed E-state index contributed by atoms with van der Waals surface area (Å²) in [6, 6.07) is 7.45. The molecule has 9 nitrogen and oxygen atoms in total. The highest BCUT2D eigenvalue weighted by molar-refractivity contribution is 6.08. The van der Waals surface area contributed by atoms with Gasteiger partial charge < -0.3 is 15.4 Å². The Morgan fingerprint density at radius 1 is 1.33 bits per heavy atom. The molecule has 0 unspecified atom stereocenters. The third kappa shape index (κ3) is 4.41. The van der Waals surface area contributed by atoms with E-state index in [0.717, 1.165) is 4.90 Å². The third-order valence-corrected chi connectivity index (χ3v) is 4.30. The van der Waals surface area contributed by atoms with Gasteiger partial charge in [0.05, 0.1) is 11.6 Å². The Bertz CT molecular complexity index is 814. The van der Waals surface area contributed by atoms with Crippen LogP contribution < -0.4 is 10.6 Å². The van der Waals surface area contributed by atoms with Crippen LogP contribution >= 0.6 is 0 Å². The molecule has 0 bridgehead atoms. The highest BCUT2D eigenvalue weighted by Gasteiger charge is 2.47. The first-order chi connectivity index (χ1) is 12.7. The highest BCUT2D eigenvalue weighted by atomic mass is 16.5. The van der Waals surface area contributed by atoms with Gasteiger partial charge in [0.2, 0.25) is 0 Å². The quantitative estimate of drug-likeness (QED) is 0.569. The first kappa shape index (κ1) is 19.9. The van der Waals surface area contributed by atoms with E-state index in [4.69, 9.17) is 10.00 Å². The van der Waals surface area contributed by atoms with Gasteiger partial charge in [0.1, 0.15) is 12.1 Å². The number of carbonyl (C=O) groups excluding carboxylic acids is 4. The molecule has 1 fully saturated rings. The number of nitrogens with one attached hydrogen (secondary N) is 2. The Morgan fingerprint density at radius 3 is 2.48 bits per heavy atom. The van der Waals surface area contributed by atoms with Crippen LogP contribution in [0.25, 0.3) is 0 Å². The van der Waals surface area contributed by atoms with E-state index < -0.39 is 42.0 Å². The minimum Gasteiger partial charge on any atom is -0.451 e. The monoisotopic (exact) mass is 372 g/mol. The van der Waals surface area contributed by atoms with Crippen LogP contribution in [-0.4, -0.2) is 46.9 Å². The molecular weight excluding hydrogens is 352 g/mol. The van der Waals surface area contributed by atoms with Crippen molar-refractivity contribution in [2.45, 2.75) is 38.8 Å². The predicted octanol–water partition coefficient (Wildman–Crippen LogP) is 1.15. The van der Waals surface area contributed by atoms with Gasteiger partial charge in [-0.3, -0.25) is 19.3 Å². The number of benzene rings is 1. The Labute approximate surface area is 156 Å². The molecule has 1 aromatic carbocycles. The van der Waals surface area contributed by atoms with E-state index in [1.165, 1.54) is 19.1 Å². The van der Waals surface area contributed by atoms with Crippen LogP contribution in [0.5, 0.6) is 0 Å². The molecule has 1 aliphatic rings. The first-order valence-corrected chi connectivity index (χ1v) is 8.34. The zero-order chi connectivity index (χ0) is 20.2. The van der Waals surface area contributed by atoms with Crippen LogP contribution in [0.3, 0.4) is 0 Å². The van der Waals surface area contributed by atoms with E-state index in [-0.39, 0.29) is 0 Å². The van der Waals surface area contributed by atoms with Crippen molar-refractivity contribution in [1.82, 2.24) is 10.2 Å². The van der Waals surface area contributed by atoms with Crippen LogP contribution in [0.15, 0.2) is 24.3 Å². The molecule has 1 saturated heterocycles. The second kappa shape index (κ2) is 7.86. The van der Waals surface area contributed by atoms with Crippen molar-refractivity contribution < 1.29 is 23.9 Å². The van der Waals surface area contributed by atoms with E-state index in [1.807, 2.05) is 6.07 Å². The Morgan fingerprint density at radius 2 is 1.96 bits per heavy atom. The SMILES string of the molecule is CC[C@@]1(C)NC(=O)N(CC(=O)O[C@H](C)C(=O)Nc2ccc(C#N)cc2)C1=O. The molecule has 2 N–H and O–H groups in total. The summed E-state index contributed by atoms with van der Waals surface area (Å²) < 4.78 is 5.01. The normalized spacial score (nSPS) is 19.9. The van der Waals surface area contributed by atoms with Gasteiger partial charge in [0.25, 0.3) is 11.8 Å². The number of imide groups is 1. The Hall–Kier alpha value is -3.41. The molecule has 2 atom stereocenters. The van der Waals surface area contributed by atoms with Gasteiger partial charge >= 0.3 is 12.0 Å². The molecule has 0 spiro atoms. The first-order valence-electron chi connectivity index (χ1n) is 8.34. The Kier molecular flexibility index (Phi) is 5.80. The number of anilines is 1. The number of amides is 4. The minimum absolute atomic E-state index is 0.381. The minimum atomic E-state index is -1.13. The smallest absolute Gasteiger partial charge is 0.327 e. The lowest BCUT2D eigenvalue weighted by Crippen LogP contribution is -2.44. The number of nitriles is 1. The molecule has 2 rings (SSSR count). The summed E-state index contributed by atoms with van der Waals surface area (Å²) >= 11 is 0. The zero-order valence-electron chi connectivity index (χ0n) is 15.2. The fraction of sp³-hybridized carbons (Fsp3) is 0.389. The average molecular weight is 372 g/mol. The van der Waals surface area contributed by atoms with Crippen molar-refractivity contribution in [1.29, 1.82) is 5.26 Å². The number of ether oxygens (including phenoxy) is 1. The van der Waals surface area contributed by atoms with E-state index in [1.54, 1.807) is 26.0 Å². The van der Waals surface area contributed by atoms with Gasteiger partial charge in [-0.15, -0.1) is 0 Å². The maximum Gasteiger partial charge on any atom is 0.327 e. The summed E-state index contributed by atoms with van der Waals surface area (Å²) in [6.07, 6.45) is -0.751. The average Bonchev–Trinajstić information content (AvgIpc) is 2.86. The van der Waals surface area contributed by atoms with Gasteiger partial charge in [0.15, 0.2) is 6.10 Å². The second-order valence-electron chi connectivity index (χ2n) is 6.32. The fourth-order valence-corrected chi connectivity index (χ4v) is 2.42. The Balaban J connectivity index is 1.91. The number of rotatable bonds is 6. The topological polar surface area (TPSA) is 129 Å². The summed E-state index contributed by atoms with van der Waals surface area (Å²) in [5.74, 6) is -1.97. The van der Waals surface area contributed by atoms with Crippen LogP contribution in [0.4, 0.5) is 10.5 Å². The summed E-state index contributed by atoms with van der Waals surface area (Å²) in [6.45, 7) is 4.12. The lowest BCUT2D eigenvalue weighted by atomic mass is 9.99. The molecule has 9 heteroatoms. The summed E-state index contributed by atoms with van der Waals surface area (Å²) in [5.41, 5.74) is -0.162. The van der Waals surface area contributed by atoms with Crippen molar-refractivity contribution in [2.75, 3.05) is 11.9 Å². The molecule has 1 aliphatic heterocycles. The predicted molar refractivity (Wildman–Crippen MR) is 94.3 cm³/mol. The lowest BCUT2D eigenvalue weighted by Gasteiger charge is -2.19. The standard InChI is InChI=1S/C18H20N4O5/c1-4-18(3)16(25)22(17(26)21-18)10-14(23)27-11(2)15(24)20-13-7-5-12(9-19)6-8-13/h5-8,11H,4,10H2,1-3H3,(H,20,24)(H,21,26)/t11-,18-/m1/s1. The maximum atomic E-state index is 12.2. The molecular formula is C18H20N4O5. The fourth-order valence-electron chi connectivity index (χ4n) is 2.42. The summed E-state index contributed by atoms with van der Waals surface area (Å²) in [7, 11) is 0. The lowest BCUT2D eigenvalue weighted by molar-refractivity contribution is -0.155. The molecule has 0 radical (unpaired) electrons. The zero-order valence-corrected chi connectivity index (χ0v) is 15.2. The van der Waals surface area contributed by atoms with E-state index in [0.29, 0.717) is 17.7 Å². The van der Waals surface area contributed by atoms with Crippen molar-refractivity contribution >= 4 is 29.5 Å². The molecule has 4 amide bonds. The van der Waals surface area contributed by atoms with E-state index in [2.05, 4.69) is 10.6 Å². The maximum absolute atomic E-state index is 12.2. The van der Waals surface area contributed by atoms with E-state index >= 15 is 0 Å². The molecule has 0 saturated carbocycles. The molecule has 0 aromatic heterocycles. The number of carbonyl (C=O) groups is 4. The number of nitrogens with zero attached hydrogens (tertiary/aromatic N) is 2. The van der Waals surface area contributed by atoms with Crippen LogP contribution in [0.2, 0.25) is 0 Å². The number of urea groups is 1. The molecule has 1 aromatic rings. The molecule has 1 heterocycles. The van der Waals surface area contributed by atoms with Crippen molar-refractivity contribution in [3.05, 3.63) is 29.8 Å². The summed E-state index contributed by atoms with van der Waals surface area (Å²) in [5, 5.41) is 13.8. The number of esters is 1. The highest BCUT2D eigenvalue weighted by Crippen LogP contribution is 2.20. The van der Waals surface area contributed by atoms with Gasteiger partial charge in [-0.2, -0.15) is 5.26 Å². The van der Waals surface area contributed by atoms with Crippen LogP contribution in [0.1, 0.15) is 32.8 Å². The van der Waals surface area contributed by atoms with Crippen LogP contribution in [0, 0.1) is 11.3 Å². The van der Waals surface area contributed by atoms with E-state index in [9.17, 15) is 19.2 Å². The van der Waals surface area contributed by atoms with Gasteiger partial charge in [-0.25, -0.2) is 4.79 Å². The molecule has 0 aliphatic carbocycles. The molecule has 142 valence electrons. The largest absolute Gasteiger partial charge is 0.451 e. The third-order valence-electron chi connectivity index (χ3n) is 4.30. The molecule has 27 heavy (non-hydrogen) atoms. The second-order valence-corrected chi connectivity index (χ2v) is 6.32. The van der Waals surface area contributed by atoms with Gasteiger partial charge in [-0.1, -0.05) is 6.92 Å².